The molecule has 0 spiro atoms. The molecular formula is C19H22FN3O2. The van der Waals surface area contributed by atoms with Crippen LogP contribution in [0.1, 0.15) is 5.56 Å². The van der Waals surface area contributed by atoms with E-state index in [9.17, 15) is 9.18 Å². The van der Waals surface area contributed by atoms with Crippen LogP contribution in [0.4, 0.5) is 20.6 Å². The summed E-state index contributed by atoms with van der Waals surface area (Å²) < 4.78 is 18.3. The quantitative estimate of drug-likeness (QED) is 0.926. The highest BCUT2D eigenvalue weighted by atomic mass is 19.1. The molecule has 0 aliphatic carbocycles. The van der Waals surface area contributed by atoms with Crippen molar-refractivity contribution in [3.8, 4) is 0 Å². The minimum absolute atomic E-state index is 0.233. The van der Waals surface area contributed by atoms with Gasteiger partial charge in [-0.15, -0.1) is 0 Å². The number of carbonyl (C=O) groups excluding carboxylic acids is 1. The third-order valence-corrected chi connectivity index (χ3v) is 4.17. The van der Waals surface area contributed by atoms with Crippen LogP contribution >= 0.6 is 0 Å². The highest BCUT2D eigenvalue weighted by molar-refractivity contribution is 5.89. The molecule has 1 N–H and O–H groups in total. The highest BCUT2D eigenvalue weighted by Crippen LogP contribution is 2.17. The van der Waals surface area contributed by atoms with E-state index >= 15 is 0 Å². The van der Waals surface area contributed by atoms with Gasteiger partial charge in [0.2, 0.25) is 0 Å². The van der Waals surface area contributed by atoms with Crippen molar-refractivity contribution in [3.05, 3.63) is 59.9 Å². The van der Waals surface area contributed by atoms with Crippen molar-refractivity contribution >= 4 is 17.4 Å². The maximum atomic E-state index is 12.9. The fraction of sp³-hybridized carbons (Fsp3) is 0.316. The summed E-state index contributed by atoms with van der Waals surface area (Å²) in [5.41, 5.74) is 2.79. The number of hydrogen-bond donors (Lipinski definition) is 1. The summed E-state index contributed by atoms with van der Waals surface area (Å²) >= 11 is 0. The van der Waals surface area contributed by atoms with Gasteiger partial charge in [0.05, 0.1) is 13.2 Å². The van der Waals surface area contributed by atoms with E-state index in [1.54, 1.807) is 11.9 Å². The van der Waals surface area contributed by atoms with Gasteiger partial charge in [-0.2, -0.15) is 0 Å². The molecule has 5 nitrogen and oxygen atoms in total. The van der Waals surface area contributed by atoms with Gasteiger partial charge in [-0.3, -0.25) is 0 Å². The topological polar surface area (TPSA) is 44.8 Å². The molecule has 25 heavy (non-hydrogen) atoms. The summed E-state index contributed by atoms with van der Waals surface area (Å²) in [6.07, 6.45) is 0. The Hall–Kier alpha value is -2.60. The van der Waals surface area contributed by atoms with Crippen LogP contribution in [0.5, 0.6) is 0 Å². The molecule has 0 aromatic heterocycles. The highest BCUT2D eigenvalue weighted by Gasteiger charge is 2.12. The van der Waals surface area contributed by atoms with Crippen LogP contribution in [0.15, 0.2) is 48.5 Å². The summed E-state index contributed by atoms with van der Waals surface area (Å²) in [7, 11) is 1.73. The number of hydrogen-bond acceptors (Lipinski definition) is 3. The Morgan fingerprint density at radius 3 is 2.40 bits per heavy atom. The van der Waals surface area contributed by atoms with Crippen LogP contribution in [0.25, 0.3) is 0 Å². The summed E-state index contributed by atoms with van der Waals surface area (Å²) in [4.78, 5) is 16.1. The number of carbonyl (C=O) groups is 1. The molecule has 0 saturated carbocycles. The van der Waals surface area contributed by atoms with Gasteiger partial charge in [-0.25, -0.2) is 9.18 Å². The Balaban J connectivity index is 1.55. The van der Waals surface area contributed by atoms with Crippen LogP contribution in [0.2, 0.25) is 0 Å². The van der Waals surface area contributed by atoms with Gasteiger partial charge in [0.25, 0.3) is 0 Å². The normalized spacial score (nSPS) is 14.2. The van der Waals surface area contributed by atoms with Crippen LogP contribution in [-0.4, -0.2) is 44.3 Å². The average molecular weight is 343 g/mol. The van der Waals surface area contributed by atoms with Crippen LogP contribution in [0.3, 0.4) is 0 Å². The number of halogens is 1. The number of urea groups is 1. The standard InChI is InChI=1S/C19H22FN3O2/c1-22(19(24)21-17-6-4-16(20)5-7-17)14-15-2-8-18(9-3-15)23-10-12-25-13-11-23/h2-9H,10-14H2,1H3,(H,21,24). The largest absolute Gasteiger partial charge is 0.378 e. The molecule has 0 unspecified atom stereocenters. The first kappa shape index (κ1) is 17.2. The second kappa shape index (κ2) is 7.98. The molecule has 0 bridgehead atoms. The molecule has 0 atom stereocenters. The maximum absolute atomic E-state index is 12.9. The first-order valence-electron chi connectivity index (χ1n) is 8.31. The number of amides is 2. The van der Waals surface area contributed by atoms with Crippen molar-refractivity contribution in [3.63, 3.8) is 0 Å². The van der Waals surface area contributed by atoms with Crippen molar-refractivity contribution in [2.75, 3.05) is 43.6 Å². The summed E-state index contributed by atoms with van der Waals surface area (Å²) in [6, 6.07) is 13.7. The van der Waals surface area contributed by atoms with Crippen molar-refractivity contribution in [2.45, 2.75) is 6.54 Å². The maximum Gasteiger partial charge on any atom is 0.321 e. The number of nitrogens with zero attached hydrogens (tertiary/aromatic N) is 2. The molecule has 1 saturated heterocycles. The van der Waals surface area contributed by atoms with Crippen molar-refractivity contribution < 1.29 is 13.9 Å². The van der Waals surface area contributed by atoms with E-state index in [1.165, 1.54) is 30.0 Å². The summed E-state index contributed by atoms with van der Waals surface area (Å²) in [6.45, 7) is 3.82. The van der Waals surface area contributed by atoms with Crippen LogP contribution < -0.4 is 10.2 Å². The molecule has 2 aromatic carbocycles. The van der Waals surface area contributed by atoms with E-state index in [0.717, 1.165) is 31.9 Å². The Labute approximate surface area is 147 Å². The molecule has 3 rings (SSSR count). The van der Waals surface area contributed by atoms with Crippen molar-refractivity contribution in [2.24, 2.45) is 0 Å². The molecule has 1 aliphatic heterocycles. The monoisotopic (exact) mass is 343 g/mol. The lowest BCUT2D eigenvalue weighted by atomic mass is 10.2. The third-order valence-electron chi connectivity index (χ3n) is 4.17. The third kappa shape index (κ3) is 4.70. The second-order valence-electron chi connectivity index (χ2n) is 6.06. The number of anilines is 2. The molecule has 2 amide bonds. The summed E-state index contributed by atoms with van der Waals surface area (Å²) in [5.74, 6) is -0.327. The zero-order valence-corrected chi connectivity index (χ0v) is 14.2. The van der Waals surface area contributed by atoms with Crippen LogP contribution in [0, 0.1) is 5.82 Å². The van der Waals surface area contributed by atoms with E-state index in [4.69, 9.17) is 4.74 Å². The Kier molecular flexibility index (Phi) is 5.50. The Morgan fingerprint density at radius 2 is 1.76 bits per heavy atom. The number of benzene rings is 2. The van der Waals surface area contributed by atoms with E-state index in [1.807, 2.05) is 12.1 Å². The predicted octanol–water partition coefficient (Wildman–Crippen LogP) is 3.33. The minimum Gasteiger partial charge on any atom is -0.378 e. The molecule has 1 aliphatic rings. The molecule has 1 fully saturated rings. The lowest BCUT2D eigenvalue weighted by Crippen LogP contribution is -2.36. The van der Waals surface area contributed by atoms with Gasteiger partial charge in [-0.05, 0) is 42.0 Å². The fourth-order valence-corrected chi connectivity index (χ4v) is 2.73. The number of nitrogens with one attached hydrogen (secondary N) is 1. The molecule has 2 aromatic rings. The first-order chi connectivity index (χ1) is 12.1. The van der Waals surface area contributed by atoms with Gasteiger partial charge < -0.3 is 19.9 Å². The van der Waals surface area contributed by atoms with E-state index in [-0.39, 0.29) is 11.8 Å². The smallest absolute Gasteiger partial charge is 0.321 e. The molecular weight excluding hydrogens is 321 g/mol. The van der Waals surface area contributed by atoms with Crippen molar-refractivity contribution in [1.82, 2.24) is 4.90 Å². The van der Waals surface area contributed by atoms with E-state index < -0.39 is 0 Å². The number of morpholine rings is 1. The molecule has 1 heterocycles. The van der Waals surface area contributed by atoms with E-state index in [0.29, 0.717) is 12.2 Å². The van der Waals surface area contributed by atoms with Gasteiger partial charge in [0.1, 0.15) is 5.82 Å². The Bertz CT molecular complexity index is 698. The predicted molar refractivity (Wildman–Crippen MR) is 96.4 cm³/mol. The molecule has 132 valence electrons. The zero-order valence-electron chi connectivity index (χ0n) is 14.2. The Morgan fingerprint density at radius 1 is 1.12 bits per heavy atom. The first-order valence-corrected chi connectivity index (χ1v) is 8.31. The fourth-order valence-electron chi connectivity index (χ4n) is 2.73. The number of ether oxygens (including phenoxy) is 1. The van der Waals surface area contributed by atoms with Gasteiger partial charge in [-0.1, -0.05) is 12.1 Å². The average Bonchev–Trinajstić information content (AvgIpc) is 2.65. The second-order valence-corrected chi connectivity index (χ2v) is 6.06. The SMILES string of the molecule is CN(Cc1ccc(N2CCOCC2)cc1)C(=O)Nc1ccc(F)cc1. The van der Waals surface area contributed by atoms with Crippen LogP contribution in [-0.2, 0) is 11.3 Å². The van der Waals surface area contributed by atoms with Gasteiger partial charge in [0, 0.05) is 38.1 Å². The van der Waals surface area contributed by atoms with Gasteiger partial charge in [0.15, 0.2) is 0 Å². The van der Waals surface area contributed by atoms with Gasteiger partial charge >= 0.3 is 6.03 Å². The lowest BCUT2D eigenvalue weighted by Gasteiger charge is -2.29. The lowest BCUT2D eigenvalue weighted by molar-refractivity contribution is 0.122. The molecule has 0 radical (unpaired) electrons. The molecule has 6 heteroatoms. The van der Waals surface area contributed by atoms with E-state index in [2.05, 4.69) is 22.3 Å². The van der Waals surface area contributed by atoms with Crippen molar-refractivity contribution in [1.29, 1.82) is 0 Å². The zero-order chi connectivity index (χ0) is 17.6. The number of rotatable bonds is 4. The summed E-state index contributed by atoms with van der Waals surface area (Å²) in [5, 5.41) is 2.75. The minimum atomic E-state index is -0.327.